The van der Waals surface area contributed by atoms with E-state index in [1.807, 2.05) is 30.3 Å². The van der Waals surface area contributed by atoms with Gasteiger partial charge >= 0.3 is 0 Å². The Labute approximate surface area is 175 Å². The molecule has 0 saturated carbocycles. The van der Waals surface area contributed by atoms with Crippen LogP contribution in [-0.4, -0.2) is 55.8 Å². The van der Waals surface area contributed by atoms with Crippen LogP contribution in [0.4, 0.5) is 0 Å². The predicted molar refractivity (Wildman–Crippen MR) is 114 cm³/mol. The second-order valence-electron chi connectivity index (χ2n) is 7.24. The molecule has 0 bridgehead atoms. The van der Waals surface area contributed by atoms with Gasteiger partial charge in [0, 0.05) is 26.3 Å². The molecule has 2 aromatic rings. The Kier molecular flexibility index (Phi) is 7.75. The zero-order valence-corrected chi connectivity index (χ0v) is 17.1. The van der Waals surface area contributed by atoms with E-state index in [1.54, 1.807) is 0 Å². The molecule has 2 amide bonds. The summed E-state index contributed by atoms with van der Waals surface area (Å²) in [6.07, 6.45) is 3.76. The highest BCUT2D eigenvalue weighted by atomic mass is 16.5. The summed E-state index contributed by atoms with van der Waals surface area (Å²) in [6, 6.07) is 10.7. The van der Waals surface area contributed by atoms with E-state index in [9.17, 15) is 14.4 Å². The first-order valence-electron chi connectivity index (χ1n) is 10.2. The molecule has 0 spiro atoms. The van der Waals surface area contributed by atoms with E-state index in [-0.39, 0.29) is 29.7 Å². The first-order chi connectivity index (χ1) is 14.6. The van der Waals surface area contributed by atoms with E-state index < -0.39 is 11.5 Å². The average Bonchev–Trinajstić information content (AvgIpc) is 2.78. The number of carbonyl (C=O) groups excluding carboxylic acids is 2. The van der Waals surface area contributed by atoms with Gasteiger partial charge < -0.3 is 25.3 Å². The van der Waals surface area contributed by atoms with Crippen molar-refractivity contribution in [3.63, 3.8) is 0 Å². The molecule has 30 heavy (non-hydrogen) atoms. The standard InChI is InChI=1S/C22H28N4O4/c1-23-21(28)19-12-17(15-26(22(19)29)14-16-6-3-2-4-7-16)20(27)25-10-11-30-18-8-5-9-24-13-18/h2-4,6-7,12,15,18,24H,5,8-11,13-14H2,1H3,(H,23,28)(H,25,27). The number of hydrogen-bond donors (Lipinski definition) is 3. The van der Waals surface area contributed by atoms with Crippen LogP contribution in [0.2, 0.25) is 0 Å². The van der Waals surface area contributed by atoms with Crippen molar-refractivity contribution in [3.05, 3.63) is 69.6 Å². The molecule has 8 nitrogen and oxygen atoms in total. The van der Waals surface area contributed by atoms with Crippen molar-refractivity contribution in [3.8, 4) is 0 Å². The summed E-state index contributed by atoms with van der Waals surface area (Å²) in [4.78, 5) is 37.5. The quantitative estimate of drug-likeness (QED) is 0.556. The Morgan fingerprint density at radius 2 is 2.03 bits per heavy atom. The maximum absolute atomic E-state index is 12.7. The van der Waals surface area contributed by atoms with Gasteiger partial charge in [-0.05, 0) is 31.0 Å². The molecule has 0 radical (unpaired) electrons. The van der Waals surface area contributed by atoms with Crippen LogP contribution in [0, 0.1) is 0 Å². The molecule has 1 saturated heterocycles. The van der Waals surface area contributed by atoms with Gasteiger partial charge in [0.1, 0.15) is 5.56 Å². The van der Waals surface area contributed by atoms with Crippen LogP contribution in [0.5, 0.6) is 0 Å². The number of pyridine rings is 1. The number of amides is 2. The number of aromatic nitrogens is 1. The molecule has 1 aromatic heterocycles. The van der Waals surface area contributed by atoms with Gasteiger partial charge in [0.15, 0.2) is 0 Å². The van der Waals surface area contributed by atoms with Gasteiger partial charge in [-0.25, -0.2) is 0 Å². The first kappa shape index (κ1) is 21.7. The zero-order valence-electron chi connectivity index (χ0n) is 17.1. The van der Waals surface area contributed by atoms with Crippen LogP contribution >= 0.6 is 0 Å². The maximum Gasteiger partial charge on any atom is 0.263 e. The molecule has 1 aliphatic heterocycles. The van der Waals surface area contributed by atoms with E-state index in [0.717, 1.165) is 31.5 Å². The zero-order chi connectivity index (χ0) is 21.3. The third-order valence-electron chi connectivity index (χ3n) is 5.01. The minimum atomic E-state index is -0.524. The van der Waals surface area contributed by atoms with Gasteiger partial charge in [-0.15, -0.1) is 0 Å². The van der Waals surface area contributed by atoms with Crippen molar-refractivity contribution in [1.29, 1.82) is 0 Å². The molecule has 3 rings (SSSR count). The fourth-order valence-electron chi connectivity index (χ4n) is 3.41. The van der Waals surface area contributed by atoms with Crippen LogP contribution in [0.3, 0.4) is 0 Å². The van der Waals surface area contributed by atoms with Crippen molar-refractivity contribution in [2.75, 3.05) is 33.3 Å². The van der Waals surface area contributed by atoms with E-state index in [1.165, 1.54) is 23.9 Å². The van der Waals surface area contributed by atoms with Crippen molar-refractivity contribution in [2.24, 2.45) is 0 Å². The smallest absolute Gasteiger partial charge is 0.263 e. The van der Waals surface area contributed by atoms with Gasteiger partial charge in [-0.1, -0.05) is 30.3 Å². The molecule has 8 heteroatoms. The number of nitrogens with zero attached hydrogens (tertiary/aromatic N) is 1. The highest BCUT2D eigenvalue weighted by molar-refractivity contribution is 5.99. The summed E-state index contributed by atoms with van der Waals surface area (Å²) < 4.78 is 7.16. The number of nitrogens with one attached hydrogen (secondary N) is 3. The molecule has 1 aliphatic rings. The summed E-state index contributed by atoms with van der Waals surface area (Å²) in [7, 11) is 1.45. The molecule has 1 aromatic carbocycles. The number of piperidine rings is 1. The number of ether oxygens (including phenoxy) is 1. The van der Waals surface area contributed by atoms with Crippen LogP contribution < -0.4 is 21.5 Å². The SMILES string of the molecule is CNC(=O)c1cc(C(=O)NCCOC2CCCNC2)cn(Cc2ccccc2)c1=O. The Morgan fingerprint density at radius 1 is 1.23 bits per heavy atom. The number of rotatable bonds is 8. The maximum atomic E-state index is 12.7. The molecule has 160 valence electrons. The van der Waals surface area contributed by atoms with Crippen molar-refractivity contribution in [2.45, 2.75) is 25.5 Å². The third kappa shape index (κ3) is 5.77. The normalized spacial score (nSPS) is 16.1. The molecule has 1 unspecified atom stereocenters. The van der Waals surface area contributed by atoms with Crippen LogP contribution in [0.25, 0.3) is 0 Å². The molecule has 1 atom stereocenters. The molecule has 3 N–H and O–H groups in total. The lowest BCUT2D eigenvalue weighted by molar-refractivity contribution is 0.0382. The second kappa shape index (κ2) is 10.7. The number of carbonyl (C=O) groups is 2. The summed E-state index contributed by atoms with van der Waals surface area (Å²) in [5.74, 6) is -0.878. The Hall–Kier alpha value is -2.97. The van der Waals surface area contributed by atoms with Crippen molar-refractivity contribution in [1.82, 2.24) is 20.5 Å². The summed E-state index contributed by atoms with van der Waals surface area (Å²) in [5, 5.41) is 8.54. The van der Waals surface area contributed by atoms with E-state index in [4.69, 9.17) is 4.74 Å². The summed E-state index contributed by atoms with van der Waals surface area (Å²) in [5.41, 5.74) is 0.645. The van der Waals surface area contributed by atoms with Crippen molar-refractivity contribution >= 4 is 11.8 Å². The van der Waals surface area contributed by atoms with E-state index >= 15 is 0 Å². The fraction of sp³-hybridized carbons (Fsp3) is 0.409. The lowest BCUT2D eigenvalue weighted by Gasteiger charge is -2.23. The largest absolute Gasteiger partial charge is 0.375 e. The lowest BCUT2D eigenvalue weighted by atomic mass is 10.1. The topological polar surface area (TPSA) is 101 Å². The minimum Gasteiger partial charge on any atom is -0.375 e. The Bertz CT molecular complexity index is 920. The molecule has 2 heterocycles. The van der Waals surface area contributed by atoms with Gasteiger partial charge in [0.2, 0.25) is 0 Å². The van der Waals surface area contributed by atoms with Gasteiger partial charge in [0.05, 0.1) is 24.8 Å². The Balaban J connectivity index is 1.70. The average molecular weight is 412 g/mol. The molecular formula is C22H28N4O4. The number of benzene rings is 1. The van der Waals surface area contributed by atoms with Gasteiger partial charge in [-0.3, -0.25) is 14.4 Å². The predicted octanol–water partition coefficient (Wildman–Crippen LogP) is 0.755. The fourth-order valence-corrected chi connectivity index (χ4v) is 3.41. The first-order valence-corrected chi connectivity index (χ1v) is 10.2. The number of hydrogen-bond acceptors (Lipinski definition) is 5. The van der Waals surface area contributed by atoms with Crippen LogP contribution in [0.1, 0.15) is 39.1 Å². The van der Waals surface area contributed by atoms with Gasteiger partial charge in [0.25, 0.3) is 17.4 Å². The molecular weight excluding hydrogens is 384 g/mol. The highest BCUT2D eigenvalue weighted by Gasteiger charge is 2.17. The summed E-state index contributed by atoms with van der Waals surface area (Å²) in [6.45, 7) is 2.87. The van der Waals surface area contributed by atoms with E-state index in [2.05, 4.69) is 16.0 Å². The third-order valence-corrected chi connectivity index (χ3v) is 5.01. The second-order valence-corrected chi connectivity index (χ2v) is 7.24. The highest BCUT2D eigenvalue weighted by Crippen LogP contribution is 2.07. The molecule has 0 aliphatic carbocycles. The van der Waals surface area contributed by atoms with Gasteiger partial charge in [-0.2, -0.15) is 0 Å². The van der Waals surface area contributed by atoms with E-state index in [0.29, 0.717) is 13.2 Å². The van der Waals surface area contributed by atoms with Crippen LogP contribution in [0.15, 0.2) is 47.4 Å². The molecule has 1 fully saturated rings. The Morgan fingerprint density at radius 3 is 2.73 bits per heavy atom. The van der Waals surface area contributed by atoms with Crippen LogP contribution in [-0.2, 0) is 11.3 Å². The monoisotopic (exact) mass is 412 g/mol. The lowest BCUT2D eigenvalue weighted by Crippen LogP contribution is -2.37. The minimum absolute atomic E-state index is 0.0642. The summed E-state index contributed by atoms with van der Waals surface area (Å²) >= 11 is 0. The van der Waals surface area contributed by atoms with Crippen molar-refractivity contribution < 1.29 is 14.3 Å².